The quantitative estimate of drug-likeness (QED) is 0.611. The molecule has 8 nitrogen and oxygen atoms in total. The van der Waals surface area contributed by atoms with Gasteiger partial charge in [0.2, 0.25) is 11.9 Å². The number of nitrogens with one attached hydrogen (secondary N) is 3. The van der Waals surface area contributed by atoms with Crippen LogP contribution >= 0.6 is 0 Å². The van der Waals surface area contributed by atoms with E-state index < -0.39 is 0 Å². The Morgan fingerprint density at radius 3 is 2.83 bits per heavy atom. The van der Waals surface area contributed by atoms with Crippen molar-refractivity contribution >= 4 is 29.0 Å². The van der Waals surface area contributed by atoms with Gasteiger partial charge >= 0.3 is 0 Å². The Morgan fingerprint density at radius 1 is 1.34 bits per heavy atom. The van der Waals surface area contributed by atoms with Crippen molar-refractivity contribution in [3.8, 4) is 11.8 Å². The number of rotatable bonds is 7. The van der Waals surface area contributed by atoms with Gasteiger partial charge in [-0.3, -0.25) is 4.79 Å². The van der Waals surface area contributed by atoms with E-state index in [1.165, 1.54) is 38.6 Å². The molecular weight excluding hydrogens is 368 g/mol. The minimum Gasteiger partial charge on any atom is -0.494 e. The van der Waals surface area contributed by atoms with Crippen LogP contribution in [0.5, 0.6) is 5.75 Å². The average molecular weight is 392 g/mol. The first-order valence-corrected chi connectivity index (χ1v) is 9.55. The van der Waals surface area contributed by atoms with Crippen molar-refractivity contribution in [3.63, 3.8) is 0 Å². The lowest BCUT2D eigenvalue weighted by molar-refractivity contribution is -0.111. The number of amides is 1. The van der Waals surface area contributed by atoms with Crippen LogP contribution in [0, 0.1) is 11.3 Å². The minimum absolute atomic E-state index is 0.293. The summed E-state index contributed by atoms with van der Waals surface area (Å²) in [5, 5.41) is 18.6. The fourth-order valence-corrected chi connectivity index (χ4v) is 3.30. The molecule has 150 valence electrons. The SMILES string of the molecule is C=CC(=O)Nc1cccc(OC)c1Nc1ncc(C#N)c(NC2CCCCC2)n1. The maximum atomic E-state index is 11.8. The molecule has 0 unspecified atom stereocenters. The summed E-state index contributed by atoms with van der Waals surface area (Å²) >= 11 is 0. The number of carbonyl (C=O) groups excluding carboxylic acids is 1. The first kappa shape index (κ1) is 20.1. The number of ether oxygens (including phenoxy) is 1. The number of nitrogens with zero attached hydrogens (tertiary/aromatic N) is 3. The van der Waals surface area contributed by atoms with Crippen LogP contribution in [0.1, 0.15) is 37.7 Å². The third kappa shape index (κ3) is 5.02. The molecule has 0 spiro atoms. The van der Waals surface area contributed by atoms with Crippen molar-refractivity contribution in [3.05, 3.63) is 42.6 Å². The number of nitriles is 1. The maximum absolute atomic E-state index is 11.8. The van der Waals surface area contributed by atoms with Gasteiger partial charge in [-0.15, -0.1) is 0 Å². The summed E-state index contributed by atoms with van der Waals surface area (Å²) in [7, 11) is 1.54. The summed E-state index contributed by atoms with van der Waals surface area (Å²) < 4.78 is 5.41. The standard InChI is InChI=1S/C21H24N6O2/c1-3-18(28)25-16-10-7-11-17(29-2)19(16)26-21-23-13-14(12-22)20(27-21)24-15-8-5-4-6-9-15/h3,7,10-11,13,15H,1,4-6,8-9H2,2H3,(H,25,28)(H2,23,24,26,27). The van der Waals surface area contributed by atoms with E-state index in [1.807, 2.05) is 0 Å². The third-order valence-electron chi connectivity index (χ3n) is 4.78. The van der Waals surface area contributed by atoms with Crippen molar-refractivity contribution in [2.24, 2.45) is 0 Å². The Labute approximate surface area is 170 Å². The van der Waals surface area contributed by atoms with Gasteiger partial charge in [0.05, 0.1) is 19.0 Å². The molecule has 0 radical (unpaired) electrons. The Kier molecular flexibility index (Phi) is 6.63. The van der Waals surface area contributed by atoms with Crippen molar-refractivity contribution < 1.29 is 9.53 Å². The van der Waals surface area contributed by atoms with E-state index in [-0.39, 0.29) is 5.91 Å². The summed E-state index contributed by atoms with van der Waals surface area (Å²) in [5.41, 5.74) is 1.41. The number of methoxy groups -OCH3 is 1. The van der Waals surface area contributed by atoms with E-state index in [0.29, 0.717) is 40.5 Å². The van der Waals surface area contributed by atoms with Crippen molar-refractivity contribution in [1.82, 2.24) is 9.97 Å². The summed E-state index contributed by atoms with van der Waals surface area (Å²) in [6.07, 6.45) is 8.37. The largest absolute Gasteiger partial charge is 0.494 e. The molecule has 3 N–H and O–H groups in total. The molecule has 3 rings (SSSR count). The van der Waals surface area contributed by atoms with Gasteiger partial charge < -0.3 is 20.7 Å². The van der Waals surface area contributed by atoms with Crippen molar-refractivity contribution in [1.29, 1.82) is 5.26 Å². The van der Waals surface area contributed by atoms with Crippen LogP contribution in [-0.2, 0) is 4.79 Å². The molecule has 1 aliphatic rings. The number of benzene rings is 1. The van der Waals surface area contributed by atoms with Gasteiger partial charge in [0.1, 0.15) is 28.9 Å². The van der Waals surface area contributed by atoms with Crippen LogP contribution in [0.3, 0.4) is 0 Å². The number of anilines is 4. The van der Waals surface area contributed by atoms with Gasteiger partial charge in [0.25, 0.3) is 0 Å². The highest BCUT2D eigenvalue weighted by Gasteiger charge is 2.18. The Balaban J connectivity index is 1.89. The minimum atomic E-state index is -0.346. The third-order valence-corrected chi connectivity index (χ3v) is 4.78. The van der Waals surface area contributed by atoms with Gasteiger partial charge in [-0.05, 0) is 31.1 Å². The molecule has 1 amide bonds. The van der Waals surface area contributed by atoms with Gasteiger partial charge in [-0.2, -0.15) is 10.2 Å². The number of hydrogen-bond donors (Lipinski definition) is 3. The summed E-state index contributed by atoms with van der Waals surface area (Å²) in [4.78, 5) is 20.5. The summed E-state index contributed by atoms with van der Waals surface area (Å²) in [6.45, 7) is 3.47. The predicted octanol–water partition coefficient (Wildman–Crippen LogP) is 3.97. The Hall–Kier alpha value is -3.60. The molecule has 8 heteroatoms. The predicted molar refractivity (Wildman–Crippen MR) is 112 cm³/mol. The second-order valence-corrected chi connectivity index (χ2v) is 6.75. The van der Waals surface area contributed by atoms with Gasteiger partial charge in [-0.1, -0.05) is 31.9 Å². The second kappa shape index (κ2) is 9.55. The maximum Gasteiger partial charge on any atom is 0.247 e. The number of aromatic nitrogens is 2. The summed E-state index contributed by atoms with van der Waals surface area (Å²) in [6, 6.07) is 7.69. The smallest absolute Gasteiger partial charge is 0.247 e. The molecule has 0 aliphatic heterocycles. The fourth-order valence-electron chi connectivity index (χ4n) is 3.30. The van der Waals surface area contributed by atoms with Gasteiger partial charge in [0.15, 0.2) is 0 Å². The van der Waals surface area contributed by atoms with E-state index in [1.54, 1.807) is 18.2 Å². The Bertz CT molecular complexity index is 931. The van der Waals surface area contributed by atoms with Crippen molar-refractivity contribution in [2.45, 2.75) is 38.1 Å². The van der Waals surface area contributed by atoms with E-state index in [2.05, 4.69) is 38.6 Å². The normalized spacial score (nSPS) is 13.8. The molecule has 1 aliphatic carbocycles. The average Bonchev–Trinajstić information content (AvgIpc) is 2.75. The van der Waals surface area contributed by atoms with Crippen LogP contribution in [0.4, 0.5) is 23.1 Å². The van der Waals surface area contributed by atoms with E-state index >= 15 is 0 Å². The molecule has 0 atom stereocenters. The van der Waals surface area contributed by atoms with Crippen LogP contribution < -0.4 is 20.7 Å². The molecule has 1 saturated carbocycles. The van der Waals surface area contributed by atoms with E-state index in [0.717, 1.165) is 12.8 Å². The first-order valence-electron chi connectivity index (χ1n) is 9.55. The second-order valence-electron chi connectivity index (χ2n) is 6.75. The molecule has 0 saturated heterocycles. The van der Waals surface area contributed by atoms with Crippen molar-refractivity contribution in [2.75, 3.05) is 23.1 Å². The number of carbonyl (C=O) groups is 1. The lowest BCUT2D eigenvalue weighted by Gasteiger charge is -2.24. The van der Waals surface area contributed by atoms with Crippen LogP contribution in [-0.4, -0.2) is 29.0 Å². The van der Waals surface area contributed by atoms with E-state index in [9.17, 15) is 10.1 Å². The molecule has 1 aromatic heterocycles. The lowest BCUT2D eigenvalue weighted by atomic mass is 9.95. The van der Waals surface area contributed by atoms with Gasteiger partial charge in [0, 0.05) is 6.04 Å². The zero-order valence-electron chi connectivity index (χ0n) is 16.4. The van der Waals surface area contributed by atoms with E-state index in [4.69, 9.17) is 4.74 Å². The van der Waals surface area contributed by atoms with Crippen LogP contribution in [0.15, 0.2) is 37.1 Å². The zero-order chi connectivity index (χ0) is 20.6. The molecule has 1 aromatic carbocycles. The first-order chi connectivity index (χ1) is 14.1. The zero-order valence-corrected chi connectivity index (χ0v) is 16.4. The summed E-state index contributed by atoms with van der Waals surface area (Å²) in [5.74, 6) is 0.965. The topological polar surface area (TPSA) is 112 Å². The van der Waals surface area contributed by atoms with Gasteiger partial charge in [-0.25, -0.2) is 4.98 Å². The van der Waals surface area contributed by atoms with Crippen LogP contribution in [0.2, 0.25) is 0 Å². The molecule has 29 heavy (non-hydrogen) atoms. The number of para-hydroxylation sites is 1. The molecule has 0 bridgehead atoms. The lowest BCUT2D eigenvalue weighted by Crippen LogP contribution is -2.23. The highest BCUT2D eigenvalue weighted by Crippen LogP contribution is 2.34. The monoisotopic (exact) mass is 392 g/mol. The molecular formula is C21H24N6O2. The fraction of sp³-hybridized carbons (Fsp3) is 0.333. The molecule has 1 heterocycles. The highest BCUT2D eigenvalue weighted by molar-refractivity contribution is 6.02. The van der Waals surface area contributed by atoms with Crippen LogP contribution in [0.25, 0.3) is 0 Å². The molecule has 1 fully saturated rings. The Morgan fingerprint density at radius 2 is 2.14 bits per heavy atom. The highest BCUT2D eigenvalue weighted by atomic mass is 16.5. The number of hydrogen-bond acceptors (Lipinski definition) is 7. The molecule has 2 aromatic rings.